The monoisotopic (exact) mass is 455 g/mol. The van der Waals surface area contributed by atoms with Gasteiger partial charge in [-0.3, -0.25) is 10.1 Å². The molecule has 1 heterocycles. The Labute approximate surface area is 188 Å². The van der Waals surface area contributed by atoms with Gasteiger partial charge in [-0.25, -0.2) is 4.98 Å². The van der Waals surface area contributed by atoms with Gasteiger partial charge in [-0.05, 0) is 79.3 Å². The van der Waals surface area contributed by atoms with Crippen molar-refractivity contribution >= 4 is 63.2 Å². The molecule has 0 radical (unpaired) electrons. The number of benzene rings is 3. The Hall–Kier alpha value is -2.93. The molecule has 8 heteroatoms. The number of carbonyl (C=O) groups is 1. The highest BCUT2D eigenvalue weighted by molar-refractivity contribution is 7.80. The Bertz CT molecular complexity index is 1270. The first-order valence-corrected chi connectivity index (χ1v) is 10.1. The second-order valence-electron chi connectivity index (χ2n) is 6.58. The summed E-state index contributed by atoms with van der Waals surface area (Å²) in [4.78, 5) is 16.8. The van der Waals surface area contributed by atoms with Crippen molar-refractivity contribution in [3.8, 4) is 11.5 Å². The molecule has 0 fully saturated rings. The predicted octanol–water partition coefficient (Wildman–Crippen LogP) is 6.24. The molecule has 1 amide bonds. The second-order valence-corrected chi connectivity index (χ2v) is 7.86. The number of oxazole rings is 1. The van der Waals surface area contributed by atoms with Crippen LogP contribution in [0, 0.1) is 6.92 Å². The van der Waals surface area contributed by atoms with Crippen LogP contribution in [0.15, 0.2) is 65.1 Å². The highest BCUT2D eigenvalue weighted by Gasteiger charge is 2.12. The summed E-state index contributed by atoms with van der Waals surface area (Å²) < 4.78 is 5.83. The summed E-state index contributed by atoms with van der Waals surface area (Å²) in [5.41, 5.74) is 4.23. The van der Waals surface area contributed by atoms with Crippen molar-refractivity contribution in [3.63, 3.8) is 0 Å². The number of hydrogen-bond donors (Lipinski definition) is 2. The number of anilines is 1. The Kier molecular flexibility index (Phi) is 5.72. The van der Waals surface area contributed by atoms with Crippen LogP contribution in [0.3, 0.4) is 0 Å². The van der Waals surface area contributed by atoms with Crippen molar-refractivity contribution in [1.82, 2.24) is 10.3 Å². The van der Waals surface area contributed by atoms with Crippen LogP contribution >= 0.6 is 35.4 Å². The number of fused-ring (bicyclic) bond motifs is 1. The first-order valence-electron chi connectivity index (χ1n) is 8.94. The molecule has 5 nitrogen and oxygen atoms in total. The minimum Gasteiger partial charge on any atom is -0.436 e. The van der Waals surface area contributed by atoms with Crippen LogP contribution in [-0.2, 0) is 0 Å². The van der Waals surface area contributed by atoms with E-state index in [1.165, 1.54) is 0 Å². The topological polar surface area (TPSA) is 67.2 Å². The summed E-state index contributed by atoms with van der Waals surface area (Å²) in [5.74, 6) is 0.139. The molecular formula is C22H15Cl2N3O2S. The lowest BCUT2D eigenvalue weighted by Gasteiger charge is -2.12. The fourth-order valence-electron chi connectivity index (χ4n) is 2.84. The maximum absolute atomic E-state index is 12.3. The van der Waals surface area contributed by atoms with Crippen LogP contribution in [0.4, 0.5) is 5.69 Å². The molecule has 0 spiro atoms. The van der Waals surface area contributed by atoms with Gasteiger partial charge in [-0.2, -0.15) is 0 Å². The fourth-order valence-corrected chi connectivity index (χ4v) is 3.34. The van der Waals surface area contributed by atoms with E-state index in [1.807, 2.05) is 25.1 Å². The molecule has 150 valence electrons. The summed E-state index contributed by atoms with van der Waals surface area (Å²) in [5, 5.41) is 7.05. The molecular weight excluding hydrogens is 441 g/mol. The largest absolute Gasteiger partial charge is 0.436 e. The van der Waals surface area contributed by atoms with Gasteiger partial charge >= 0.3 is 0 Å². The standard InChI is InChI=1S/C22H15Cl2N3O2S/c1-12-2-3-14(21-25-18-11-16(24)8-9-19(18)29-21)10-17(12)26-22(30)27-20(28)13-4-6-15(23)7-5-13/h2-11H,1H3,(H2,26,27,28,30). The zero-order valence-corrected chi connectivity index (χ0v) is 18.0. The van der Waals surface area contributed by atoms with Crippen LogP contribution < -0.4 is 10.6 Å². The molecule has 0 bridgehead atoms. The first-order chi connectivity index (χ1) is 14.4. The Morgan fingerprint density at radius 3 is 2.50 bits per heavy atom. The van der Waals surface area contributed by atoms with Crippen molar-refractivity contribution in [2.45, 2.75) is 6.92 Å². The average Bonchev–Trinajstić information content (AvgIpc) is 3.13. The number of hydrogen-bond acceptors (Lipinski definition) is 4. The quantitative estimate of drug-likeness (QED) is 0.358. The number of nitrogens with one attached hydrogen (secondary N) is 2. The summed E-state index contributed by atoms with van der Waals surface area (Å²) in [6, 6.07) is 17.5. The first kappa shape index (κ1) is 20.3. The molecule has 4 aromatic rings. The van der Waals surface area contributed by atoms with Gasteiger partial charge in [-0.1, -0.05) is 29.3 Å². The smallest absolute Gasteiger partial charge is 0.257 e. The van der Waals surface area contributed by atoms with Crippen LogP contribution in [0.2, 0.25) is 10.0 Å². The van der Waals surface area contributed by atoms with Crippen molar-refractivity contribution in [2.75, 3.05) is 5.32 Å². The molecule has 4 rings (SSSR count). The van der Waals surface area contributed by atoms with E-state index >= 15 is 0 Å². The molecule has 3 aromatic carbocycles. The van der Waals surface area contributed by atoms with Gasteiger partial charge in [0.25, 0.3) is 5.91 Å². The lowest BCUT2D eigenvalue weighted by molar-refractivity contribution is 0.0977. The summed E-state index contributed by atoms with van der Waals surface area (Å²) in [6.07, 6.45) is 0. The van der Waals surface area contributed by atoms with Crippen molar-refractivity contribution < 1.29 is 9.21 Å². The average molecular weight is 456 g/mol. The van der Waals surface area contributed by atoms with Gasteiger partial charge in [0.1, 0.15) is 5.52 Å². The van der Waals surface area contributed by atoms with Crippen LogP contribution in [-0.4, -0.2) is 16.0 Å². The van der Waals surface area contributed by atoms with Gasteiger partial charge in [0.2, 0.25) is 5.89 Å². The van der Waals surface area contributed by atoms with E-state index in [1.54, 1.807) is 42.5 Å². The molecule has 0 saturated carbocycles. The minimum atomic E-state index is -0.325. The van der Waals surface area contributed by atoms with Crippen molar-refractivity contribution in [2.24, 2.45) is 0 Å². The Morgan fingerprint density at radius 1 is 1.00 bits per heavy atom. The predicted molar refractivity (Wildman–Crippen MR) is 124 cm³/mol. The molecule has 0 saturated heterocycles. The molecule has 2 N–H and O–H groups in total. The van der Waals surface area contributed by atoms with E-state index < -0.39 is 0 Å². The lowest BCUT2D eigenvalue weighted by atomic mass is 10.1. The highest BCUT2D eigenvalue weighted by atomic mass is 35.5. The van der Waals surface area contributed by atoms with Crippen LogP contribution in [0.5, 0.6) is 0 Å². The maximum Gasteiger partial charge on any atom is 0.257 e. The zero-order chi connectivity index (χ0) is 21.3. The zero-order valence-electron chi connectivity index (χ0n) is 15.7. The van der Waals surface area contributed by atoms with Gasteiger partial charge in [0.15, 0.2) is 10.7 Å². The van der Waals surface area contributed by atoms with Gasteiger partial charge in [0.05, 0.1) is 0 Å². The minimum absolute atomic E-state index is 0.180. The molecule has 0 aliphatic heterocycles. The van der Waals surface area contributed by atoms with E-state index in [0.29, 0.717) is 32.6 Å². The molecule has 0 aliphatic rings. The number of aryl methyl sites for hydroxylation is 1. The summed E-state index contributed by atoms with van der Waals surface area (Å²) in [7, 11) is 0. The Balaban J connectivity index is 1.53. The van der Waals surface area contributed by atoms with Crippen LogP contribution in [0.25, 0.3) is 22.6 Å². The molecule has 0 unspecified atom stereocenters. The molecule has 1 aromatic heterocycles. The van der Waals surface area contributed by atoms with E-state index in [-0.39, 0.29) is 11.0 Å². The van der Waals surface area contributed by atoms with Gasteiger partial charge < -0.3 is 9.73 Å². The third kappa shape index (κ3) is 4.46. The van der Waals surface area contributed by atoms with E-state index in [4.69, 9.17) is 39.8 Å². The highest BCUT2D eigenvalue weighted by Crippen LogP contribution is 2.29. The number of carbonyl (C=O) groups excluding carboxylic acids is 1. The maximum atomic E-state index is 12.3. The van der Waals surface area contributed by atoms with Crippen molar-refractivity contribution in [3.05, 3.63) is 81.8 Å². The normalized spacial score (nSPS) is 10.8. The Morgan fingerprint density at radius 2 is 1.73 bits per heavy atom. The number of halogens is 2. The van der Waals surface area contributed by atoms with E-state index in [2.05, 4.69) is 15.6 Å². The van der Waals surface area contributed by atoms with Crippen molar-refractivity contribution in [1.29, 1.82) is 0 Å². The molecule has 0 aliphatic carbocycles. The number of aromatic nitrogens is 1. The molecule has 0 atom stereocenters. The SMILES string of the molecule is Cc1ccc(-c2nc3cc(Cl)ccc3o2)cc1NC(=S)NC(=O)c1ccc(Cl)cc1. The lowest BCUT2D eigenvalue weighted by Crippen LogP contribution is -2.34. The van der Waals surface area contributed by atoms with Gasteiger partial charge in [0, 0.05) is 26.9 Å². The number of amides is 1. The number of thiocarbonyl (C=S) groups is 1. The second kappa shape index (κ2) is 8.44. The van der Waals surface area contributed by atoms with Crippen LogP contribution in [0.1, 0.15) is 15.9 Å². The summed E-state index contributed by atoms with van der Waals surface area (Å²) >= 11 is 17.2. The number of rotatable bonds is 3. The molecule has 30 heavy (non-hydrogen) atoms. The third-order valence-electron chi connectivity index (χ3n) is 4.42. The summed E-state index contributed by atoms with van der Waals surface area (Å²) in [6.45, 7) is 1.93. The van der Waals surface area contributed by atoms with E-state index in [0.717, 1.165) is 16.8 Å². The van der Waals surface area contributed by atoms with Gasteiger partial charge in [-0.15, -0.1) is 0 Å². The van der Waals surface area contributed by atoms with E-state index in [9.17, 15) is 4.79 Å². The fraction of sp³-hybridized carbons (Fsp3) is 0.0455. The number of nitrogens with zero attached hydrogens (tertiary/aromatic N) is 1. The third-order valence-corrected chi connectivity index (χ3v) is 5.11.